The van der Waals surface area contributed by atoms with Gasteiger partial charge in [-0.05, 0) is 24.3 Å². The highest BCUT2D eigenvalue weighted by molar-refractivity contribution is 5.85. The number of furan rings is 1. The zero-order valence-electron chi connectivity index (χ0n) is 12.7. The third-order valence-electron chi connectivity index (χ3n) is 3.85. The van der Waals surface area contributed by atoms with Crippen LogP contribution in [0.5, 0.6) is 0 Å². The van der Waals surface area contributed by atoms with E-state index in [1.807, 2.05) is 0 Å². The molecule has 3 rings (SSSR count). The van der Waals surface area contributed by atoms with Gasteiger partial charge in [0, 0.05) is 38.4 Å². The van der Waals surface area contributed by atoms with Crippen LogP contribution in [0.1, 0.15) is 12.2 Å². The minimum atomic E-state index is -0.310. The number of rotatable bonds is 6. The molecule has 2 aromatic rings. The van der Waals surface area contributed by atoms with Crippen LogP contribution in [0.2, 0.25) is 0 Å². The smallest absolute Gasteiger partial charge is 0.220 e. The molecular weight excluding hydrogens is 319 g/mol. The van der Waals surface area contributed by atoms with Crippen molar-refractivity contribution in [1.82, 2.24) is 10.6 Å². The molecule has 1 aromatic heterocycles. The van der Waals surface area contributed by atoms with Crippen LogP contribution in [-0.2, 0) is 11.2 Å². The Morgan fingerprint density at radius 3 is 2.74 bits per heavy atom. The van der Waals surface area contributed by atoms with Gasteiger partial charge < -0.3 is 15.1 Å². The van der Waals surface area contributed by atoms with Crippen LogP contribution >= 0.6 is 12.4 Å². The molecule has 1 aliphatic heterocycles. The Morgan fingerprint density at radius 2 is 2.04 bits per heavy atom. The number of aryl methyl sites for hydroxylation is 1. The van der Waals surface area contributed by atoms with E-state index in [1.54, 1.807) is 30.3 Å². The van der Waals surface area contributed by atoms with Crippen LogP contribution in [0.15, 0.2) is 40.8 Å². The Labute approximate surface area is 140 Å². The average Bonchev–Trinajstić information content (AvgIpc) is 2.93. The van der Waals surface area contributed by atoms with Gasteiger partial charge in [0.2, 0.25) is 5.91 Å². The number of benzene rings is 1. The van der Waals surface area contributed by atoms with Crippen LogP contribution in [-0.4, -0.2) is 25.5 Å². The van der Waals surface area contributed by atoms with Crippen molar-refractivity contribution >= 4 is 18.3 Å². The van der Waals surface area contributed by atoms with Crippen LogP contribution in [0.4, 0.5) is 4.39 Å². The van der Waals surface area contributed by atoms with Crippen molar-refractivity contribution in [1.29, 1.82) is 0 Å². The lowest BCUT2D eigenvalue weighted by molar-refractivity contribution is -0.121. The first-order valence-corrected chi connectivity index (χ1v) is 7.53. The Balaban J connectivity index is 0.00000192. The lowest BCUT2D eigenvalue weighted by atomic mass is 10.0. The van der Waals surface area contributed by atoms with Crippen LogP contribution < -0.4 is 10.6 Å². The lowest BCUT2D eigenvalue weighted by Gasteiger charge is -2.27. The van der Waals surface area contributed by atoms with Gasteiger partial charge in [0.1, 0.15) is 17.3 Å². The number of halogens is 2. The molecule has 0 unspecified atom stereocenters. The van der Waals surface area contributed by atoms with E-state index in [9.17, 15) is 9.18 Å². The van der Waals surface area contributed by atoms with Crippen LogP contribution in [0.3, 0.4) is 0 Å². The van der Waals surface area contributed by atoms with E-state index < -0.39 is 0 Å². The quantitative estimate of drug-likeness (QED) is 0.851. The molecule has 0 aliphatic carbocycles. The first kappa shape index (κ1) is 17.5. The zero-order valence-corrected chi connectivity index (χ0v) is 13.5. The molecule has 4 nitrogen and oxygen atoms in total. The van der Waals surface area contributed by atoms with E-state index in [0.717, 1.165) is 19.6 Å². The van der Waals surface area contributed by atoms with Gasteiger partial charge in [-0.2, -0.15) is 0 Å². The van der Waals surface area contributed by atoms with Gasteiger partial charge in [-0.25, -0.2) is 4.39 Å². The minimum Gasteiger partial charge on any atom is -0.461 e. The maximum atomic E-state index is 13.7. The second-order valence-corrected chi connectivity index (χ2v) is 5.57. The Bertz CT molecular complexity index is 656. The molecular formula is C17H20ClFN2O2. The van der Waals surface area contributed by atoms with E-state index in [-0.39, 0.29) is 24.1 Å². The summed E-state index contributed by atoms with van der Waals surface area (Å²) >= 11 is 0. The van der Waals surface area contributed by atoms with E-state index >= 15 is 0 Å². The largest absolute Gasteiger partial charge is 0.461 e. The summed E-state index contributed by atoms with van der Waals surface area (Å²) in [6.45, 7) is 2.68. The molecule has 0 radical (unpaired) electrons. The molecule has 23 heavy (non-hydrogen) atoms. The first-order chi connectivity index (χ1) is 10.7. The molecule has 1 amide bonds. The predicted molar refractivity (Wildman–Crippen MR) is 89.0 cm³/mol. The fraction of sp³-hybridized carbons (Fsp3) is 0.353. The number of hydrogen-bond acceptors (Lipinski definition) is 3. The molecule has 6 heteroatoms. The van der Waals surface area contributed by atoms with Crippen molar-refractivity contribution in [3.05, 3.63) is 48.0 Å². The van der Waals surface area contributed by atoms with Gasteiger partial charge >= 0.3 is 0 Å². The maximum absolute atomic E-state index is 13.7. The highest BCUT2D eigenvalue weighted by Crippen LogP contribution is 2.25. The maximum Gasteiger partial charge on any atom is 0.220 e. The summed E-state index contributed by atoms with van der Waals surface area (Å²) < 4.78 is 19.3. The molecule has 0 saturated carbocycles. The van der Waals surface area contributed by atoms with Gasteiger partial charge in [0.15, 0.2) is 0 Å². The average molecular weight is 339 g/mol. The summed E-state index contributed by atoms with van der Waals surface area (Å²) in [7, 11) is 0. The number of nitrogens with one attached hydrogen (secondary N) is 2. The minimum absolute atomic E-state index is 0. The third-order valence-corrected chi connectivity index (χ3v) is 3.85. The molecule has 1 aliphatic rings. The molecule has 1 aromatic carbocycles. The lowest BCUT2D eigenvalue weighted by Crippen LogP contribution is -2.48. The first-order valence-electron chi connectivity index (χ1n) is 7.53. The molecule has 1 saturated heterocycles. The molecule has 124 valence electrons. The third kappa shape index (κ3) is 4.56. The monoisotopic (exact) mass is 338 g/mol. The van der Waals surface area contributed by atoms with Crippen molar-refractivity contribution in [2.75, 3.05) is 19.6 Å². The number of amides is 1. The van der Waals surface area contributed by atoms with Gasteiger partial charge in [-0.1, -0.05) is 12.1 Å². The van der Waals surface area contributed by atoms with Gasteiger partial charge in [0.25, 0.3) is 0 Å². The summed E-state index contributed by atoms with van der Waals surface area (Å²) in [6, 6.07) is 10.0. The van der Waals surface area contributed by atoms with Gasteiger partial charge in [-0.15, -0.1) is 12.4 Å². The zero-order chi connectivity index (χ0) is 15.4. The van der Waals surface area contributed by atoms with Crippen molar-refractivity contribution in [3.63, 3.8) is 0 Å². The van der Waals surface area contributed by atoms with Crippen molar-refractivity contribution in [2.45, 2.75) is 12.8 Å². The highest BCUT2D eigenvalue weighted by atomic mass is 35.5. The van der Waals surface area contributed by atoms with E-state index in [2.05, 4.69) is 10.6 Å². The van der Waals surface area contributed by atoms with Crippen LogP contribution in [0.25, 0.3) is 11.3 Å². The second-order valence-electron chi connectivity index (χ2n) is 5.57. The van der Waals surface area contributed by atoms with Gasteiger partial charge in [0.05, 0.1) is 5.56 Å². The number of carbonyl (C=O) groups is 1. The second kappa shape index (κ2) is 8.13. The summed E-state index contributed by atoms with van der Waals surface area (Å²) in [5, 5.41) is 6.09. The standard InChI is InChI=1S/C17H19FN2O2.ClH/c18-15-4-2-1-3-14(15)16-7-5-13(22-16)6-8-17(21)20-11-12-9-19-10-12;/h1-5,7,12,19H,6,8-11H2,(H,20,21);1H. The summed E-state index contributed by atoms with van der Waals surface area (Å²) in [4.78, 5) is 11.8. The van der Waals surface area contributed by atoms with E-state index in [1.165, 1.54) is 6.07 Å². The summed E-state index contributed by atoms with van der Waals surface area (Å²) in [5.41, 5.74) is 0.440. The van der Waals surface area contributed by atoms with E-state index in [4.69, 9.17) is 4.42 Å². The normalized spacial score (nSPS) is 14.0. The predicted octanol–water partition coefficient (Wildman–Crippen LogP) is 2.78. The SMILES string of the molecule is Cl.O=C(CCc1ccc(-c2ccccc2F)o1)NCC1CNC1. The van der Waals surface area contributed by atoms with Crippen molar-refractivity contribution < 1.29 is 13.6 Å². The van der Waals surface area contributed by atoms with Crippen molar-refractivity contribution in [2.24, 2.45) is 5.92 Å². The van der Waals surface area contributed by atoms with Crippen molar-refractivity contribution in [3.8, 4) is 11.3 Å². The highest BCUT2D eigenvalue weighted by Gasteiger charge is 2.17. The number of hydrogen-bond donors (Lipinski definition) is 2. The topological polar surface area (TPSA) is 54.3 Å². The van der Waals surface area contributed by atoms with E-state index in [0.29, 0.717) is 35.8 Å². The Morgan fingerprint density at radius 1 is 1.26 bits per heavy atom. The molecule has 1 fully saturated rings. The molecule has 0 atom stereocenters. The Hall–Kier alpha value is -1.85. The summed E-state index contributed by atoms with van der Waals surface area (Å²) in [6.07, 6.45) is 0.896. The fourth-order valence-corrected chi connectivity index (χ4v) is 2.39. The summed E-state index contributed by atoms with van der Waals surface area (Å²) in [5.74, 6) is 1.46. The Kier molecular flexibility index (Phi) is 6.19. The molecule has 2 heterocycles. The number of carbonyl (C=O) groups excluding carboxylic acids is 1. The van der Waals surface area contributed by atoms with Gasteiger partial charge in [-0.3, -0.25) is 4.79 Å². The fourth-order valence-electron chi connectivity index (χ4n) is 2.39. The molecule has 0 bridgehead atoms. The molecule has 2 N–H and O–H groups in total. The van der Waals surface area contributed by atoms with Crippen LogP contribution in [0, 0.1) is 11.7 Å². The molecule has 0 spiro atoms.